The Labute approximate surface area is 238 Å². The molecular weight excluding hydrogens is 565 g/mol. The van der Waals surface area contributed by atoms with Gasteiger partial charge in [-0.25, -0.2) is 9.78 Å². The normalized spacial score (nSPS) is 12.7. The molecule has 4 rings (SSSR count). The number of carbonyl (C=O) groups is 1. The Morgan fingerprint density at radius 1 is 1.20 bits per heavy atom. The number of nitrogens with zero attached hydrogens (tertiary/aromatic N) is 7. The number of aromatic amines is 1. The Kier molecular flexibility index (Phi) is 9.02. The molecule has 0 saturated carbocycles. The molecule has 1 unspecified atom stereocenters. The van der Waals surface area contributed by atoms with Gasteiger partial charge in [-0.2, -0.15) is 23.3 Å². The predicted octanol–water partition coefficient (Wildman–Crippen LogP) is 4.63. The van der Waals surface area contributed by atoms with Crippen LogP contribution in [0.1, 0.15) is 37.1 Å². The van der Waals surface area contributed by atoms with E-state index in [1.54, 1.807) is 19.3 Å². The van der Waals surface area contributed by atoms with Crippen LogP contribution in [0.2, 0.25) is 5.28 Å². The molecule has 0 aliphatic rings. The van der Waals surface area contributed by atoms with Crippen LogP contribution in [-0.2, 0) is 17.5 Å². The minimum absolute atomic E-state index is 0.0393. The van der Waals surface area contributed by atoms with E-state index in [1.807, 2.05) is 25.9 Å². The first-order valence-corrected chi connectivity index (χ1v) is 13.2. The summed E-state index contributed by atoms with van der Waals surface area (Å²) in [6.45, 7) is 3.00. The van der Waals surface area contributed by atoms with E-state index < -0.39 is 29.6 Å². The summed E-state index contributed by atoms with van der Waals surface area (Å²) >= 11 is 5.99. The van der Waals surface area contributed by atoms with E-state index in [2.05, 4.69) is 20.1 Å². The molecule has 0 aliphatic heterocycles. The monoisotopic (exact) mass is 594 g/mol. The number of aromatic nitrogens is 6. The van der Waals surface area contributed by atoms with Crippen molar-refractivity contribution in [3.63, 3.8) is 0 Å². The first-order chi connectivity index (χ1) is 19.4. The maximum atomic E-state index is 13.2. The maximum Gasteiger partial charge on any atom is 0.416 e. The Balaban J connectivity index is 1.73. The van der Waals surface area contributed by atoms with E-state index >= 15 is 0 Å². The molecule has 3 aromatic heterocycles. The van der Waals surface area contributed by atoms with E-state index in [1.165, 1.54) is 26.4 Å². The molecule has 41 heavy (non-hydrogen) atoms. The zero-order valence-electron chi connectivity index (χ0n) is 22.9. The van der Waals surface area contributed by atoms with Crippen LogP contribution < -0.4 is 5.56 Å². The predicted molar refractivity (Wildman–Crippen MR) is 147 cm³/mol. The number of benzene rings is 1. The molecule has 0 saturated heterocycles. The van der Waals surface area contributed by atoms with E-state index in [9.17, 15) is 22.8 Å². The van der Waals surface area contributed by atoms with Gasteiger partial charge in [-0.15, -0.1) is 0 Å². The summed E-state index contributed by atoms with van der Waals surface area (Å²) in [5.41, 5.74) is -0.413. The lowest BCUT2D eigenvalue weighted by Crippen LogP contribution is -2.35. The molecule has 1 amide bonds. The molecule has 15 heteroatoms. The highest BCUT2D eigenvalue weighted by molar-refractivity contribution is 6.28. The van der Waals surface area contributed by atoms with Crippen molar-refractivity contribution in [3.05, 3.63) is 63.4 Å². The topological polar surface area (TPSA) is 114 Å². The van der Waals surface area contributed by atoms with Crippen molar-refractivity contribution in [1.82, 2.24) is 39.1 Å². The van der Waals surface area contributed by atoms with Crippen molar-refractivity contribution in [1.29, 1.82) is 0 Å². The summed E-state index contributed by atoms with van der Waals surface area (Å²) in [5.74, 6) is 0.234. The van der Waals surface area contributed by atoms with Gasteiger partial charge < -0.3 is 14.5 Å². The fraction of sp³-hybridized carbons (Fsp3) is 0.423. The SMILES string of the molecule is CCCC(OC(=O)N(C)CCN(C)C)n1c(-c2cnn(Cc3cccc(C(F)(F)F)c3)c2)nc2nc(Cl)[nH]c(=O)c21. The fourth-order valence-electron chi connectivity index (χ4n) is 4.20. The fourth-order valence-corrected chi connectivity index (χ4v) is 4.37. The highest BCUT2D eigenvalue weighted by Gasteiger charge is 2.31. The number of halogens is 4. The molecule has 0 radical (unpaired) electrons. The quantitative estimate of drug-likeness (QED) is 0.266. The van der Waals surface area contributed by atoms with Gasteiger partial charge in [-0.1, -0.05) is 25.5 Å². The van der Waals surface area contributed by atoms with Crippen molar-refractivity contribution < 1.29 is 22.7 Å². The summed E-state index contributed by atoms with van der Waals surface area (Å²) in [6.07, 6.45) is -1.97. The second-order valence-electron chi connectivity index (χ2n) is 9.81. The van der Waals surface area contributed by atoms with Crippen LogP contribution in [0, 0.1) is 0 Å². The number of nitrogens with one attached hydrogen (secondary N) is 1. The maximum absolute atomic E-state index is 13.2. The van der Waals surface area contributed by atoms with Gasteiger partial charge in [0.25, 0.3) is 5.56 Å². The molecule has 0 bridgehead atoms. The van der Waals surface area contributed by atoms with E-state index in [4.69, 9.17) is 16.3 Å². The summed E-state index contributed by atoms with van der Waals surface area (Å²) in [5, 5.41) is 4.13. The zero-order valence-corrected chi connectivity index (χ0v) is 23.7. The number of H-pyrrole nitrogens is 1. The number of hydrogen-bond donors (Lipinski definition) is 1. The van der Waals surface area contributed by atoms with Crippen molar-refractivity contribution in [2.75, 3.05) is 34.2 Å². The minimum Gasteiger partial charge on any atom is -0.425 e. The third-order valence-electron chi connectivity index (χ3n) is 6.27. The average molecular weight is 595 g/mol. The summed E-state index contributed by atoms with van der Waals surface area (Å²) in [7, 11) is 5.40. The van der Waals surface area contributed by atoms with Crippen LogP contribution in [0.15, 0.2) is 41.5 Å². The number of rotatable bonds is 10. The summed E-state index contributed by atoms with van der Waals surface area (Å²) in [6, 6.07) is 4.97. The number of ether oxygens (including phenoxy) is 1. The third kappa shape index (κ3) is 7.06. The largest absolute Gasteiger partial charge is 0.425 e. The van der Waals surface area contributed by atoms with Crippen molar-refractivity contribution >= 4 is 28.9 Å². The summed E-state index contributed by atoms with van der Waals surface area (Å²) in [4.78, 5) is 40.5. The number of fused-ring (bicyclic) bond motifs is 1. The zero-order chi connectivity index (χ0) is 29.9. The molecule has 3 heterocycles. The van der Waals surface area contributed by atoms with Crippen LogP contribution in [0.4, 0.5) is 18.0 Å². The van der Waals surface area contributed by atoms with Crippen molar-refractivity contribution in [2.24, 2.45) is 0 Å². The van der Waals surface area contributed by atoms with Gasteiger partial charge in [-0.3, -0.25) is 19.0 Å². The number of alkyl halides is 3. The van der Waals surface area contributed by atoms with Crippen LogP contribution in [0.5, 0.6) is 0 Å². The number of likely N-dealkylation sites (N-methyl/N-ethyl adjacent to an activating group) is 2. The van der Waals surface area contributed by atoms with E-state index in [-0.39, 0.29) is 28.8 Å². The van der Waals surface area contributed by atoms with Crippen LogP contribution in [-0.4, -0.2) is 79.4 Å². The first kappa shape index (κ1) is 30.1. The highest BCUT2D eigenvalue weighted by atomic mass is 35.5. The molecule has 1 aromatic carbocycles. The second kappa shape index (κ2) is 12.3. The Bertz CT molecular complexity index is 1580. The third-order valence-corrected chi connectivity index (χ3v) is 6.45. The van der Waals surface area contributed by atoms with Gasteiger partial charge in [0, 0.05) is 32.8 Å². The molecular formula is C26H30ClF3N8O3. The Morgan fingerprint density at radius 2 is 1.95 bits per heavy atom. The van der Waals surface area contributed by atoms with Crippen LogP contribution >= 0.6 is 11.6 Å². The standard InChI is InChI=1S/C26H30ClF3N8O3/c1-5-7-19(41-25(40)36(4)11-10-35(2)3)38-20-21(33-24(27)34-23(20)39)32-22(38)17-13-31-37(15-17)14-16-8-6-9-18(12-16)26(28,29)30/h6,8-9,12-13,15,19H,5,7,10-11,14H2,1-4H3,(H,33,34,39). The van der Waals surface area contributed by atoms with Gasteiger partial charge in [0.1, 0.15) is 5.82 Å². The lowest BCUT2D eigenvalue weighted by atomic mass is 10.1. The second-order valence-corrected chi connectivity index (χ2v) is 10.2. The molecule has 4 aromatic rings. The van der Waals surface area contributed by atoms with E-state index in [0.29, 0.717) is 37.1 Å². The van der Waals surface area contributed by atoms with Gasteiger partial charge in [0.05, 0.1) is 23.9 Å². The van der Waals surface area contributed by atoms with Crippen LogP contribution in [0.3, 0.4) is 0 Å². The molecule has 0 spiro atoms. The first-order valence-electron chi connectivity index (χ1n) is 12.8. The molecule has 1 atom stereocenters. The van der Waals surface area contributed by atoms with Gasteiger partial charge in [-0.05, 0) is 43.4 Å². The minimum atomic E-state index is -4.47. The number of carbonyl (C=O) groups excluding carboxylic acids is 1. The molecule has 11 nitrogen and oxygen atoms in total. The summed E-state index contributed by atoms with van der Waals surface area (Å²) < 4.78 is 48.4. The molecule has 0 fully saturated rings. The Morgan fingerprint density at radius 3 is 2.63 bits per heavy atom. The van der Waals surface area contributed by atoms with E-state index in [0.717, 1.165) is 12.1 Å². The lowest BCUT2D eigenvalue weighted by Gasteiger charge is -2.25. The highest BCUT2D eigenvalue weighted by Crippen LogP contribution is 2.31. The smallest absolute Gasteiger partial charge is 0.416 e. The average Bonchev–Trinajstić information content (AvgIpc) is 3.51. The van der Waals surface area contributed by atoms with Gasteiger partial charge in [0.15, 0.2) is 17.4 Å². The number of amides is 1. The van der Waals surface area contributed by atoms with Crippen molar-refractivity contribution in [2.45, 2.75) is 38.7 Å². The number of imidazole rings is 1. The van der Waals surface area contributed by atoms with Gasteiger partial charge in [0.2, 0.25) is 5.28 Å². The van der Waals surface area contributed by atoms with Crippen LogP contribution in [0.25, 0.3) is 22.6 Å². The molecule has 1 N–H and O–H groups in total. The Hall–Kier alpha value is -3.91. The van der Waals surface area contributed by atoms with Crippen molar-refractivity contribution in [3.8, 4) is 11.4 Å². The molecule has 0 aliphatic carbocycles. The number of hydrogen-bond acceptors (Lipinski definition) is 7. The molecule has 220 valence electrons. The lowest BCUT2D eigenvalue weighted by molar-refractivity contribution is -0.137. The van der Waals surface area contributed by atoms with Gasteiger partial charge >= 0.3 is 12.3 Å².